The molecule has 1 aliphatic rings. The number of halogens is 1. The second-order valence-electron chi connectivity index (χ2n) is 5.54. The lowest BCUT2D eigenvalue weighted by atomic mass is 10.0. The van der Waals surface area contributed by atoms with Gasteiger partial charge >= 0.3 is 0 Å². The molecule has 0 atom stereocenters. The van der Waals surface area contributed by atoms with Gasteiger partial charge in [0.15, 0.2) is 0 Å². The van der Waals surface area contributed by atoms with E-state index in [0.717, 1.165) is 30.4 Å². The Morgan fingerprint density at radius 2 is 2.05 bits per heavy atom. The highest BCUT2D eigenvalue weighted by Gasteiger charge is 2.37. The van der Waals surface area contributed by atoms with Crippen molar-refractivity contribution in [1.82, 2.24) is 4.72 Å². The first-order chi connectivity index (χ1) is 9.96. The summed E-state index contributed by atoms with van der Waals surface area (Å²) in [5.41, 5.74) is 5.33. The largest absolute Gasteiger partial charge is 0.329 e. The predicted molar refractivity (Wildman–Crippen MR) is 87.4 cm³/mol. The molecule has 1 aromatic carbocycles. The van der Waals surface area contributed by atoms with E-state index in [0.29, 0.717) is 21.8 Å². The Morgan fingerprint density at radius 3 is 2.71 bits per heavy atom. The van der Waals surface area contributed by atoms with Gasteiger partial charge in [0, 0.05) is 32.6 Å². The molecule has 0 unspecified atom stereocenters. The number of thiophene rings is 1. The number of benzene rings is 1. The Labute approximate surface area is 133 Å². The molecule has 1 heterocycles. The summed E-state index contributed by atoms with van der Waals surface area (Å²) < 4.78 is 29.2. The van der Waals surface area contributed by atoms with Crippen molar-refractivity contribution in [2.45, 2.75) is 36.1 Å². The van der Waals surface area contributed by atoms with Gasteiger partial charge in [-0.3, -0.25) is 0 Å². The molecule has 3 N–H and O–H groups in total. The van der Waals surface area contributed by atoms with Gasteiger partial charge in [0.2, 0.25) is 10.0 Å². The van der Waals surface area contributed by atoms with Gasteiger partial charge in [0.05, 0.1) is 0 Å². The Hall–Kier alpha value is -0.660. The van der Waals surface area contributed by atoms with E-state index in [1.807, 2.05) is 6.07 Å². The summed E-state index contributed by atoms with van der Waals surface area (Å²) in [5.74, 6) is 0. The smallest absolute Gasteiger partial charge is 0.242 e. The minimum Gasteiger partial charge on any atom is -0.329 e. The molecule has 1 fully saturated rings. The van der Waals surface area contributed by atoms with Crippen LogP contribution in [-0.2, 0) is 10.0 Å². The molecule has 3 rings (SSSR count). The first kappa shape index (κ1) is 15.2. The number of hydrogen-bond acceptors (Lipinski definition) is 4. The standard InChI is InChI=1S/C14H17ClN2O2S2/c15-10-3-4-12-11(7-10)13(8-20-12)21(18,19)17-14(9-16)5-1-2-6-14/h3-4,7-8,17H,1-2,5-6,9,16H2. The third-order valence-corrected chi connectivity index (χ3v) is 7.06. The number of rotatable bonds is 4. The first-order valence-corrected chi connectivity index (χ1v) is 9.61. The Kier molecular flexibility index (Phi) is 4.00. The monoisotopic (exact) mass is 344 g/mol. The van der Waals surface area contributed by atoms with E-state index in [9.17, 15) is 8.42 Å². The molecular weight excluding hydrogens is 328 g/mol. The number of fused-ring (bicyclic) bond motifs is 1. The van der Waals surface area contributed by atoms with Crippen LogP contribution in [0.1, 0.15) is 25.7 Å². The Bertz CT molecular complexity index is 764. The van der Waals surface area contributed by atoms with Crippen LogP contribution >= 0.6 is 22.9 Å². The highest BCUT2D eigenvalue weighted by molar-refractivity contribution is 7.90. The van der Waals surface area contributed by atoms with Crippen LogP contribution in [0.25, 0.3) is 10.1 Å². The summed E-state index contributed by atoms with van der Waals surface area (Å²) in [6, 6.07) is 5.31. The molecule has 0 radical (unpaired) electrons. The van der Waals surface area contributed by atoms with Crippen LogP contribution in [-0.4, -0.2) is 20.5 Å². The first-order valence-electron chi connectivity index (χ1n) is 6.87. The van der Waals surface area contributed by atoms with E-state index in [-0.39, 0.29) is 0 Å². The molecule has 1 aromatic heterocycles. The Morgan fingerprint density at radius 1 is 1.33 bits per heavy atom. The van der Waals surface area contributed by atoms with Gasteiger partial charge in [0.25, 0.3) is 0 Å². The third-order valence-electron chi connectivity index (χ3n) is 4.09. The van der Waals surface area contributed by atoms with Gasteiger partial charge in [-0.15, -0.1) is 11.3 Å². The predicted octanol–water partition coefficient (Wildman–Crippen LogP) is 3.10. The lowest BCUT2D eigenvalue weighted by Gasteiger charge is -2.28. The van der Waals surface area contributed by atoms with Crippen LogP contribution in [0.3, 0.4) is 0 Å². The highest BCUT2D eigenvalue weighted by atomic mass is 35.5. The molecule has 114 valence electrons. The van der Waals surface area contributed by atoms with Crippen molar-refractivity contribution < 1.29 is 8.42 Å². The van der Waals surface area contributed by atoms with Crippen molar-refractivity contribution >= 4 is 43.0 Å². The van der Waals surface area contributed by atoms with E-state index < -0.39 is 15.6 Å². The van der Waals surface area contributed by atoms with Gasteiger partial charge in [-0.1, -0.05) is 24.4 Å². The average molecular weight is 345 g/mol. The summed E-state index contributed by atoms with van der Waals surface area (Å²) in [7, 11) is -3.59. The number of nitrogens with two attached hydrogens (primary N) is 1. The molecule has 21 heavy (non-hydrogen) atoms. The summed E-state index contributed by atoms with van der Waals surface area (Å²) >= 11 is 7.40. The maximum atomic E-state index is 12.7. The van der Waals surface area contributed by atoms with E-state index in [1.165, 1.54) is 11.3 Å². The molecular formula is C14H17ClN2O2S2. The zero-order valence-corrected chi connectivity index (χ0v) is 13.8. The van der Waals surface area contributed by atoms with Crippen LogP contribution in [0.2, 0.25) is 5.02 Å². The molecule has 2 aromatic rings. The van der Waals surface area contributed by atoms with Gasteiger partial charge < -0.3 is 5.73 Å². The average Bonchev–Trinajstić information content (AvgIpc) is 3.05. The summed E-state index contributed by atoms with van der Waals surface area (Å²) in [4.78, 5) is 0.296. The molecule has 4 nitrogen and oxygen atoms in total. The molecule has 0 spiro atoms. The quantitative estimate of drug-likeness (QED) is 0.895. The fraction of sp³-hybridized carbons (Fsp3) is 0.429. The lowest BCUT2D eigenvalue weighted by molar-refractivity contribution is 0.400. The second kappa shape index (κ2) is 5.52. The third kappa shape index (κ3) is 2.83. The maximum absolute atomic E-state index is 12.7. The SMILES string of the molecule is NCC1(NS(=O)(=O)c2csc3ccc(Cl)cc23)CCCC1. The minimum atomic E-state index is -3.59. The summed E-state index contributed by atoms with van der Waals surface area (Å²) in [5, 5.41) is 2.87. The molecule has 1 saturated carbocycles. The maximum Gasteiger partial charge on any atom is 0.242 e. The molecule has 1 aliphatic carbocycles. The minimum absolute atomic E-state index is 0.296. The topological polar surface area (TPSA) is 72.2 Å². The van der Waals surface area contributed by atoms with Crippen molar-refractivity contribution in [2.75, 3.05) is 6.54 Å². The van der Waals surface area contributed by atoms with E-state index in [4.69, 9.17) is 17.3 Å². The van der Waals surface area contributed by atoms with E-state index in [1.54, 1.807) is 17.5 Å². The van der Waals surface area contributed by atoms with Crippen LogP contribution < -0.4 is 10.5 Å². The zero-order valence-electron chi connectivity index (χ0n) is 11.4. The van der Waals surface area contributed by atoms with Crippen LogP contribution in [0.4, 0.5) is 0 Å². The van der Waals surface area contributed by atoms with Gasteiger partial charge in [-0.05, 0) is 31.0 Å². The van der Waals surface area contributed by atoms with Crippen molar-refractivity contribution in [2.24, 2.45) is 5.73 Å². The Balaban J connectivity index is 2.02. The van der Waals surface area contributed by atoms with Crippen LogP contribution in [0, 0.1) is 0 Å². The van der Waals surface area contributed by atoms with Crippen molar-refractivity contribution in [3.8, 4) is 0 Å². The van der Waals surface area contributed by atoms with Gasteiger partial charge in [-0.25, -0.2) is 13.1 Å². The highest BCUT2D eigenvalue weighted by Crippen LogP contribution is 2.34. The second-order valence-corrected chi connectivity index (χ2v) is 8.54. The number of hydrogen-bond donors (Lipinski definition) is 2. The number of nitrogens with one attached hydrogen (secondary N) is 1. The van der Waals surface area contributed by atoms with Crippen molar-refractivity contribution in [3.05, 3.63) is 28.6 Å². The van der Waals surface area contributed by atoms with Crippen molar-refractivity contribution in [1.29, 1.82) is 0 Å². The van der Waals surface area contributed by atoms with Gasteiger partial charge in [0.1, 0.15) is 4.90 Å². The molecule has 0 amide bonds. The fourth-order valence-corrected chi connectivity index (χ4v) is 6.04. The fourth-order valence-electron chi connectivity index (χ4n) is 2.93. The molecule has 0 aliphatic heterocycles. The van der Waals surface area contributed by atoms with E-state index in [2.05, 4.69) is 4.72 Å². The molecule has 0 bridgehead atoms. The molecule has 7 heteroatoms. The summed E-state index contributed by atoms with van der Waals surface area (Å²) in [6.45, 7) is 0.328. The van der Waals surface area contributed by atoms with Crippen LogP contribution in [0.5, 0.6) is 0 Å². The summed E-state index contributed by atoms with van der Waals surface area (Å²) in [6.07, 6.45) is 3.61. The number of sulfonamides is 1. The van der Waals surface area contributed by atoms with Crippen molar-refractivity contribution in [3.63, 3.8) is 0 Å². The normalized spacial score (nSPS) is 18.4. The zero-order chi connectivity index (χ0) is 15.1. The van der Waals surface area contributed by atoms with Crippen LogP contribution in [0.15, 0.2) is 28.5 Å². The lowest BCUT2D eigenvalue weighted by Crippen LogP contribution is -2.51. The van der Waals surface area contributed by atoms with E-state index >= 15 is 0 Å². The molecule has 0 saturated heterocycles. The van der Waals surface area contributed by atoms with Gasteiger partial charge in [-0.2, -0.15) is 0 Å².